The number of ether oxygens (including phenoxy) is 1. The third kappa shape index (κ3) is 8.41. The molecular weight excluding hydrogens is 401 g/mol. The Morgan fingerprint density at radius 1 is 1.10 bits per heavy atom. The second-order valence-corrected chi connectivity index (χ2v) is 7.39. The maximum Gasteiger partial charge on any atom is 0.317 e. The van der Waals surface area contributed by atoms with Gasteiger partial charge in [0.05, 0.1) is 13.2 Å². The average Bonchev–Trinajstić information content (AvgIpc) is 3.16. The fraction of sp³-hybridized carbons (Fsp3) is 0.478. The van der Waals surface area contributed by atoms with E-state index in [0.717, 1.165) is 24.2 Å². The Morgan fingerprint density at radius 2 is 1.84 bits per heavy atom. The van der Waals surface area contributed by atoms with Crippen LogP contribution in [0.3, 0.4) is 0 Å². The van der Waals surface area contributed by atoms with Gasteiger partial charge >= 0.3 is 6.03 Å². The van der Waals surface area contributed by atoms with Gasteiger partial charge in [-0.2, -0.15) is 0 Å². The number of nitrogens with zero attached hydrogens (tertiary/aromatic N) is 2. The van der Waals surface area contributed by atoms with E-state index in [1.807, 2.05) is 26.0 Å². The van der Waals surface area contributed by atoms with Crippen LogP contribution >= 0.6 is 0 Å². The Hall–Kier alpha value is -2.87. The number of rotatable bonds is 12. The zero-order valence-electron chi connectivity index (χ0n) is 18.5. The molecule has 3 amide bonds. The second-order valence-electron chi connectivity index (χ2n) is 7.39. The van der Waals surface area contributed by atoms with Crippen molar-refractivity contribution in [2.24, 2.45) is 0 Å². The molecule has 0 spiro atoms. The van der Waals surface area contributed by atoms with E-state index in [-0.39, 0.29) is 37.4 Å². The monoisotopic (exact) mass is 433 g/mol. The summed E-state index contributed by atoms with van der Waals surface area (Å²) >= 11 is 0. The second kappa shape index (κ2) is 12.7. The van der Waals surface area contributed by atoms with E-state index in [0.29, 0.717) is 25.5 Å². The van der Waals surface area contributed by atoms with Gasteiger partial charge in [-0.3, -0.25) is 4.79 Å². The van der Waals surface area contributed by atoms with Crippen molar-refractivity contribution in [3.63, 3.8) is 0 Å². The molecule has 0 saturated carbocycles. The number of unbranched alkanes of at least 4 members (excludes halogenated alkanes) is 1. The zero-order valence-corrected chi connectivity index (χ0v) is 18.5. The summed E-state index contributed by atoms with van der Waals surface area (Å²) in [5.74, 6) is 0.822. The molecule has 1 N–H and O–H groups in total. The van der Waals surface area contributed by atoms with Gasteiger partial charge in [0, 0.05) is 26.7 Å². The first-order chi connectivity index (χ1) is 14.9. The molecule has 0 fully saturated rings. The number of benzene rings is 1. The Labute approximate surface area is 183 Å². The third-order valence-corrected chi connectivity index (χ3v) is 4.77. The molecule has 0 unspecified atom stereocenters. The van der Waals surface area contributed by atoms with Crippen LogP contribution in [0.15, 0.2) is 40.8 Å². The number of hydrogen-bond acceptors (Lipinski definition) is 4. The number of methoxy groups -OCH3 is 1. The molecule has 0 aliphatic rings. The maximum absolute atomic E-state index is 13.3. The molecule has 2 aromatic rings. The molecule has 0 aliphatic heterocycles. The molecule has 0 aliphatic carbocycles. The van der Waals surface area contributed by atoms with Gasteiger partial charge < -0.3 is 24.3 Å². The van der Waals surface area contributed by atoms with Crippen LogP contribution in [0.2, 0.25) is 0 Å². The zero-order chi connectivity index (χ0) is 22.6. The molecule has 1 aromatic heterocycles. The van der Waals surface area contributed by atoms with E-state index in [4.69, 9.17) is 9.15 Å². The molecule has 2 rings (SSSR count). The van der Waals surface area contributed by atoms with Crippen molar-refractivity contribution in [2.75, 3.05) is 33.4 Å². The summed E-state index contributed by atoms with van der Waals surface area (Å²) in [6, 6.07) is 9.37. The van der Waals surface area contributed by atoms with Crippen molar-refractivity contribution in [2.45, 2.75) is 39.8 Å². The minimum atomic E-state index is -0.335. The molecule has 8 heteroatoms. The van der Waals surface area contributed by atoms with Gasteiger partial charge in [-0.05, 0) is 43.2 Å². The van der Waals surface area contributed by atoms with Crippen LogP contribution in [-0.2, 0) is 22.6 Å². The van der Waals surface area contributed by atoms with Gasteiger partial charge in [0.2, 0.25) is 5.91 Å². The van der Waals surface area contributed by atoms with Crippen LogP contribution in [-0.4, -0.2) is 55.1 Å². The minimum absolute atomic E-state index is 0.0950. The first kappa shape index (κ1) is 24.4. The van der Waals surface area contributed by atoms with Crippen LogP contribution in [0.1, 0.15) is 36.8 Å². The van der Waals surface area contributed by atoms with E-state index < -0.39 is 0 Å². The lowest BCUT2D eigenvalue weighted by Crippen LogP contribution is -2.47. The average molecular weight is 434 g/mol. The highest BCUT2D eigenvalue weighted by Gasteiger charge is 2.22. The molecule has 0 bridgehead atoms. The maximum atomic E-state index is 13.3. The molecule has 1 heterocycles. The van der Waals surface area contributed by atoms with Gasteiger partial charge in [-0.15, -0.1) is 0 Å². The number of aryl methyl sites for hydroxylation is 1. The highest BCUT2D eigenvalue weighted by molar-refractivity contribution is 5.84. The van der Waals surface area contributed by atoms with Crippen LogP contribution < -0.4 is 5.32 Å². The summed E-state index contributed by atoms with van der Waals surface area (Å²) in [6.45, 7) is 5.48. The summed E-state index contributed by atoms with van der Waals surface area (Å²) in [5.41, 5.74) is 0.786. The topological polar surface area (TPSA) is 75.0 Å². The molecule has 1 aromatic carbocycles. The number of nitrogens with one attached hydrogen (secondary N) is 1. The largest absolute Gasteiger partial charge is 0.464 e. The predicted octanol–water partition coefficient (Wildman–Crippen LogP) is 3.71. The number of furan rings is 1. The molecule has 7 nitrogen and oxygen atoms in total. The standard InChI is InChI=1S/C23H32FN3O4/c1-4-5-12-25-23(29)26(13-14-30-3)17-22(28)27(16-21-11-6-18(2)31-21)15-19-7-9-20(24)10-8-19/h6-11H,4-5,12-17H2,1-3H3,(H,25,29). The number of halogens is 1. The van der Waals surface area contributed by atoms with E-state index in [1.54, 1.807) is 24.1 Å². The van der Waals surface area contributed by atoms with Crippen molar-refractivity contribution in [1.82, 2.24) is 15.1 Å². The lowest BCUT2D eigenvalue weighted by Gasteiger charge is -2.27. The van der Waals surface area contributed by atoms with Crippen molar-refractivity contribution in [3.8, 4) is 0 Å². The van der Waals surface area contributed by atoms with Crippen molar-refractivity contribution < 1.29 is 23.1 Å². The first-order valence-electron chi connectivity index (χ1n) is 10.5. The number of amides is 3. The van der Waals surface area contributed by atoms with E-state index in [1.165, 1.54) is 17.0 Å². The Kier molecular flexibility index (Phi) is 10.0. The van der Waals surface area contributed by atoms with E-state index in [2.05, 4.69) is 5.32 Å². The number of urea groups is 1. The molecular formula is C23H32FN3O4. The highest BCUT2D eigenvalue weighted by Crippen LogP contribution is 2.14. The lowest BCUT2D eigenvalue weighted by molar-refractivity contribution is -0.133. The van der Waals surface area contributed by atoms with Crippen LogP contribution in [0.4, 0.5) is 9.18 Å². The summed E-state index contributed by atoms with van der Waals surface area (Å²) in [4.78, 5) is 28.8. The SMILES string of the molecule is CCCCNC(=O)N(CCOC)CC(=O)N(Cc1ccc(F)cc1)Cc1ccc(C)o1. The summed E-state index contributed by atoms with van der Waals surface area (Å²) < 4.78 is 24.0. The molecule has 170 valence electrons. The van der Waals surface area contributed by atoms with E-state index >= 15 is 0 Å². The van der Waals surface area contributed by atoms with Crippen LogP contribution in [0.25, 0.3) is 0 Å². The van der Waals surface area contributed by atoms with Gasteiger partial charge in [-0.1, -0.05) is 25.5 Å². The van der Waals surface area contributed by atoms with Gasteiger partial charge in [0.15, 0.2) is 0 Å². The lowest BCUT2D eigenvalue weighted by atomic mass is 10.2. The van der Waals surface area contributed by atoms with Crippen molar-refractivity contribution >= 4 is 11.9 Å². The third-order valence-electron chi connectivity index (χ3n) is 4.77. The Bertz CT molecular complexity index is 822. The van der Waals surface area contributed by atoms with Crippen LogP contribution in [0.5, 0.6) is 0 Å². The van der Waals surface area contributed by atoms with E-state index in [9.17, 15) is 14.0 Å². The molecule has 31 heavy (non-hydrogen) atoms. The fourth-order valence-corrected chi connectivity index (χ4v) is 3.00. The summed E-state index contributed by atoms with van der Waals surface area (Å²) in [5, 5.41) is 2.85. The quantitative estimate of drug-likeness (QED) is 0.518. The molecule has 0 saturated heterocycles. The highest BCUT2D eigenvalue weighted by atomic mass is 19.1. The predicted molar refractivity (Wildman–Crippen MR) is 116 cm³/mol. The summed E-state index contributed by atoms with van der Waals surface area (Å²) in [6.07, 6.45) is 1.83. The van der Waals surface area contributed by atoms with Gasteiger partial charge in [0.1, 0.15) is 23.9 Å². The molecule has 0 atom stereocenters. The fourth-order valence-electron chi connectivity index (χ4n) is 3.00. The molecule has 0 radical (unpaired) electrons. The number of carbonyl (C=O) groups excluding carboxylic acids is 2. The summed E-state index contributed by atoms with van der Waals surface area (Å²) in [7, 11) is 1.55. The Balaban J connectivity index is 2.13. The van der Waals surface area contributed by atoms with Crippen molar-refractivity contribution in [3.05, 3.63) is 59.3 Å². The Morgan fingerprint density at radius 3 is 2.45 bits per heavy atom. The first-order valence-corrected chi connectivity index (χ1v) is 10.5. The normalized spacial score (nSPS) is 10.7. The van der Waals surface area contributed by atoms with Crippen LogP contribution in [0, 0.1) is 12.7 Å². The smallest absolute Gasteiger partial charge is 0.317 e. The van der Waals surface area contributed by atoms with Gasteiger partial charge in [-0.25, -0.2) is 9.18 Å². The minimum Gasteiger partial charge on any atom is -0.464 e. The number of hydrogen-bond donors (Lipinski definition) is 1. The van der Waals surface area contributed by atoms with Gasteiger partial charge in [0.25, 0.3) is 0 Å². The van der Waals surface area contributed by atoms with Crippen molar-refractivity contribution in [1.29, 1.82) is 0 Å². The number of carbonyl (C=O) groups is 2.